The van der Waals surface area contributed by atoms with Gasteiger partial charge in [0.2, 0.25) is 5.43 Å². The van der Waals surface area contributed by atoms with E-state index in [1.165, 1.54) is 10.6 Å². The quantitative estimate of drug-likeness (QED) is 0.390. The fourth-order valence-electron chi connectivity index (χ4n) is 4.24. The van der Waals surface area contributed by atoms with E-state index in [0.717, 1.165) is 18.3 Å². The van der Waals surface area contributed by atoms with Crippen molar-refractivity contribution < 1.29 is 23.8 Å². The van der Waals surface area contributed by atoms with Crippen molar-refractivity contribution in [3.05, 3.63) is 62.4 Å². The van der Waals surface area contributed by atoms with Crippen molar-refractivity contribution in [2.45, 2.75) is 32.5 Å². The van der Waals surface area contributed by atoms with E-state index in [-0.39, 0.29) is 50.6 Å². The normalized spacial score (nSPS) is 14.1. The van der Waals surface area contributed by atoms with Crippen LogP contribution in [-0.2, 0) is 6.61 Å². The third-order valence-corrected chi connectivity index (χ3v) is 6.14. The number of benzene rings is 2. The van der Waals surface area contributed by atoms with Crippen LogP contribution >= 0.6 is 11.6 Å². The summed E-state index contributed by atoms with van der Waals surface area (Å²) >= 11 is 6.66. The van der Waals surface area contributed by atoms with Crippen molar-refractivity contribution in [2.24, 2.45) is 0 Å². The third kappa shape index (κ3) is 3.97. The van der Waals surface area contributed by atoms with Crippen LogP contribution in [0.1, 0.15) is 29.8 Å². The molecule has 2 heterocycles. The Morgan fingerprint density at radius 2 is 1.94 bits per heavy atom. The molecule has 0 spiro atoms. The first-order valence-corrected chi connectivity index (χ1v) is 10.9. The van der Waals surface area contributed by atoms with Gasteiger partial charge in [-0.25, -0.2) is 13.6 Å². The number of hydrogen-bond acceptors (Lipinski definition) is 6. The summed E-state index contributed by atoms with van der Waals surface area (Å²) in [5.41, 5.74) is 4.15. The molecule has 180 valence electrons. The Bertz CT molecular complexity index is 1370. The first kappa shape index (κ1) is 23.9. The molecule has 1 aliphatic rings. The summed E-state index contributed by atoms with van der Waals surface area (Å²) in [6.07, 6.45) is 1.02. The number of aliphatic hydroxyl groups excluding tert-OH is 1. The molecule has 3 aromatic rings. The molecule has 11 heteroatoms. The van der Waals surface area contributed by atoms with Gasteiger partial charge < -0.3 is 30.7 Å². The van der Waals surface area contributed by atoms with Gasteiger partial charge >= 0.3 is 5.97 Å². The van der Waals surface area contributed by atoms with Crippen molar-refractivity contribution in [3.8, 4) is 5.69 Å². The molecule has 0 bridgehead atoms. The number of nitrogens with one attached hydrogen (secondary N) is 1. The zero-order chi connectivity index (χ0) is 24.9. The van der Waals surface area contributed by atoms with Gasteiger partial charge in [0.1, 0.15) is 17.2 Å². The van der Waals surface area contributed by atoms with Gasteiger partial charge in [-0.2, -0.15) is 0 Å². The molecule has 4 rings (SSSR count). The van der Waals surface area contributed by atoms with Gasteiger partial charge in [-0.1, -0.05) is 25.4 Å². The third-order valence-electron chi connectivity index (χ3n) is 5.78. The zero-order valence-corrected chi connectivity index (χ0v) is 19.2. The molecule has 2 aromatic carbocycles. The SMILES string of the molecule is CC(C)NC1CN(c2c(F)cc3c(=O)c(C(=O)O)cn(-c4cc(N)c(F)cc4CO)c3c2Cl)C1. The van der Waals surface area contributed by atoms with E-state index >= 15 is 4.39 Å². The van der Waals surface area contributed by atoms with Gasteiger partial charge in [-0.3, -0.25) is 4.79 Å². The minimum absolute atomic E-state index is 0.0223. The number of aliphatic hydroxyl groups is 1. The molecule has 0 unspecified atom stereocenters. The highest BCUT2D eigenvalue weighted by molar-refractivity contribution is 6.38. The van der Waals surface area contributed by atoms with Crippen molar-refractivity contribution in [2.75, 3.05) is 23.7 Å². The summed E-state index contributed by atoms with van der Waals surface area (Å²) in [6, 6.07) is 3.52. The number of rotatable bonds is 6. The fourth-order valence-corrected chi connectivity index (χ4v) is 4.65. The van der Waals surface area contributed by atoms with Crippen LogP contribution in [0.15, 0.2) is 29.2 Å². The summed E-state index contributed by atoms with van der Waals surface area (Å²) < 4.78 is 30.5. The Morgan fingerprint density at radius 1 is 1.26 bits per heavy atom. The Hall–Kier alpha value is -3.21. The first-order chi connectivity index (χ1) is 16.0. The minimum atomic E-state index is -1.53. The fraction of sp³-hybridized carbons (Fsp3) is 0.304. The van der Waals surface area contributed by atoms with Crippen LogP contribution in [-0.4, -0.2) is 45.9 Å². The van der Waals surface area contributed by atoms with E-state index < -0.39 is 35.2 Å². The van der Waals surface area contributed by atoms with Gasteiger partial charge in [-0.05, 0) is 18.2 Å². The maximum absolute atomic E-state index is 15.2. The van der Waals surface area contributed by atoms with Crippen molar-refractivity contribution in [3.63, 3.8) is 0 Å². The van der Waals surface area contributed by atoms with Gasteiger partial charge in [0, 0.05) is 36.9 Å². The number of pyridine rings is 1. The second kappa shape index (κ2) is 8.86. The maximum atomic E-state index is 15.2. The van der Waals surface area contributed by atoms with Crippen LogP contribution in [0.25, 0.3) is 16.6 Å². The average Bonchev–Trinajstić information content (AvgIpc) is 2.73. The predicted molar refractivity (Wildman–Crippen MR) is 126 cm³/mol. The van der Waals surface area contributed by atoms with Gasteiger partial charge in [-0.15, -0.1) is 0 Å². The molecule has 0 atom stereocenters. The number of halogens is 3. The number of aromatic nitrogens is 1. The smallest absolute Gasteiger partial charge is 0.341 e. The van der Waals surface area contributed by atoms with E-state index in [1.54, 1.807) is 4.90 Å². The number of anilines is 2. The molecule has 0 amide bonds. The number of nitrogens with zero attached hydrogens (tertiary/aromatic N) is 2. The molecule has 1 saturated heterocycles. The highest BCUT2D eigenvalue weighted by Crippen LogP contribution is 2.39. The molecule has 0 aliphatic carbocycles. The number of carboxylic acids is 1. The summed E-state index contributed by atoms with van der Waals surface area (Å²) in [6.45, 7) is 4.34. The van der Waals surface area contributed by atoms with Crippen LogP contribution in [0.2, 0.25) is 5.02 Å². The molecule has 8 nitrogen and oxygen atoms in total. The standard InChI is InChI=1S/C23H23ClF2N4O4/c1-10(2)28-12-6-29(7-12)21-16(26)4-13-20(19(21)24)30(8-14(22(13)32)23(33)34)18-5-17(27)15(25)3-11(18)9-31/h3-5,8,10,12,28,31H,6-7,9,27H2,1-2H3,(H,33,34). The van der Waals surface area contributed by atoms with Crippen LogP contribution < -0.4 is 21.4 Å². The van der Waals surface area contributed by atoms with Crippen LogP contribution in [0.3, 0.4) is 0 Å². The highest BCUT2D eigenvalue weighted by Gasteiger charge is 2.32. The average molecular weight is 493 g/mol. The first-order valence-electron chi connectivity index (χ1n) is 10.5. The van der Waals surface area contributed by atoms with Crippen LogP contribution in [0.4, 0.5) is 20.2 Å². The number of carbonyl (C=O) groups is 1. The molecule has 0 saturated carbocycles. The van der Waals surface area contributed by atoms with Crippen LogP contribution in [0, 0.1) is 11.6 Å². The second-order valence-corrected chi connectivity index (χ2v) is 8.93. The lowest BCUT2D eigenvalue weighted by Crippen LogP contribution is -2.59. The monoisotopic (exact) mass is 492 g/mol. The lowest BCUT2D eigenvalue weighted by Gasteiger charge is -2.43. The van der Waals surface area contributed by atoms with Gasteiger partial charge in [0.05, 0.1) is 39.6 Å². The van der Waals surface area contributed by atoms with Gasteiger partial charge in [0.15, 0.2) is 0 Å². The number of carboxylic acid groups (broad SMARTS) is 1. The maximum Gasteiger partial charge on any atom is 0.341 e. The van der Waals surface area contributed by atoms with Crippen molar-refractivity contribution in [1.82, 2.24) is 9.88 Å². The zero-order valence-electron chi connectivity index (χ0n) is 18.4. The summed E-state index contributed by atoms with van der Waals surface area (Å²) in [5, 5.41) is 22.3. The molecule has 1 aliphatic heterocycles. The molecule has 0 radical (unpaired) electrons. The Kier molecular flexibility index (Phi) is 6.24. The van der Waals surface area contributed by atoms with Crippen molar-refractivity contribution >= 4 is 39.8 Å². The van der Waals surface area contributed by atoms with Crippen LogP contribution in [0.5, 0.6) is 0 Å². The molecule has 1 fully saturated rings. The van der Waals surface area contributed by atoms with E-state index in [0.29, 0.717) is 13.1 Å². The molecule has 5 N–H and O–H groups in total. The number of aromatic carboxylic acids is 1. The summed E-state index contributed by atoms with van der Waals surface area (Å²) in [7, 11) is 0. The lowest BCUT2D eigenvalue weighted by molar-refractivity contribution is 0.0695. The number of nitrogens with two attached hydrogens (primary N) is 1. The van der Waals surface area contributed by atoms with Crippen molar-refractivity contribution in [1.29, 1.82) is 0 Å². The highest BCUT2D eigenvalue weighted by atomic mass is 35.5. The van der Waals surface area contributed by atoms with E-state index in [1.807, 2.05) is 13.8 Å². The number of hydrogen-bond donors (Lipinski definition) is 4. The molecular weight excluding hydrogens is 470 g/mol. The Morgan fingerprint density at radius 3 is 2.53 bits per heavy atom. The van der Waals surface area contributed by atoms with E-state index in [9.17, 15) is 24.2 Å². The predicted octanol–water partition coefficient (Wildman–Crippen LogP) is 2.88. The number of nitrogen functional groups attached to an aromatic ring is 1. The molecule has 1 aromatic heterocycles. The van der Waals surface area contributed by atoms with E-state index in [2.05, 4.69) is 5.32 Å². The molecular formula is C23H23ClF2N4O4. The summed E-state index contributed by atoms with van der Waals surface area (Å²) in [4.78, 5) is 26.4. The largest absolute Gasteiger partial charge is 0.477 e. The number of fused-ring (bicyclic) bond motifs is 1. The van der Waals surface area contributed by atoms with E-state index in [4.69, 9.17) is 17.3 Å². The van der Waals surface area contributed by atoms with Gasteiger partial charge in [0.25, 0.3) is 0 Å². The molecule has 34 heavy (non-hydrogen) atoms. The Balaban J connectivity index is 2.01. The second-order valence-electron chi connectivity index (χ2n) is 8.55. The Labute approximate surface area is 198 Å². The minimum Gasteiger partial charge on any atom is -0.477 e. The lowest BCUT2D eigenvalue weighted by atomic mass is 10.0. The summed E-state index contributed by atoms with van der Waals surface area (Å²) in [5.74, 6) is -3.08. The topological polar surface area (TPSA) is 121 Å².